The molecule has 0 amide bonds. The molecule has 0 unspecified atom stereocenters. The summed E-state index contributed by atoms with van der Waals surface area (Å²) in [5.74, 6) is 0.834. The summed E-state index contributed by atoms with van der Waals surface area (Å²) in [7, 11) is 0. The minimum absolute atomic E-state index is 0.648. The van der Waals surface area contributed by atoms with Crippen LogP contribution in [0.3, 0.4) is 0 Å². The van der Waals surface area contributed by atoms with Crippen LogP contribution in [0.5, 0.6) is 0 Å². The van der Waals surface area contributed by atoms with Crippen molar-refractivity contribution in [2.45, 2.75) is 34.1 Å². The van der Waals surface area contributed by atoms with Crippen molar-refractivity contribution in [3.8, 4) is 0 Å². The van der Waals surface area contributed by atoms with E-state index in [4.69, 9.17) is 5.73 Å². The Kier molecular flexibility index (Phi) is 4.68. The van der Waals surface area contributed by atoms with Crippen molar-refractivity contribution < 1.29 is 0 Å². The summed E-state index contributed by atoms with van der Waals surface area (Å²) in [5, 5.41) is 0. The number of nitrogens with two attached hydrogens (primary N) is 1. The second kappa shape index (κ2) is 5.80. The van der Waals surface area contributed by atoms with Crippen molar-refractivity contribution in [1.29, 1.82) is 0 Å². The summed E-state index contributed by atoms with van der Waals surface area (Å²) in [6, 6.07) is 0. The van der Waals surface area contributed by atoms with Gasteiger partial charge in [0.05, 0.1) is 0 Å². The highest BCUT2D eigenvalue weighted by Crippen LogP contribution is 2.15. The fourth-order valence-corrected chi connectivity index (χ4v) is 1.88. The molecular weight excluding hydrogens is 200 g/mol. The first kappa shape index (κ1) is 12.9. The van der Waals surface area contributed by atoms with Crippen LogP contribution in [0.15, 0.2) is 0 Å². The van der Waals surface area contributed by atoms with Crippen molar-refractivity contribution in [3.05, 3.63) is 17.0 Å². The average Bonchev–Trinajstić information content (AvgIpc) is 2.25. The van der Waals surface area contributed by atoms with E-state index in [2.05, 4.69) is 28.7 Å². The molecule has 0 aliphatic carbocycles. The number of rotatable bonds is 5. The van der Waals surface area contributed by atoms with Gasteiger partial charge in [-0.05, 0) is 46.2 Å². The van der Waals surface area contributed by atoms with Crippen molar-refractivity contribution in [3.63, 3.8) is 0 Å². The van der Waals surface area contributed by atoms with Crippen molar-refractivity contribution in [1.82, 2.24) is 9.97 Å². The summed E-state index contributed by atoms with van der Waals surface area (Å²) in [4.78, 5) is 11.3. The maximum atomic E-state index is 5.58. The van der Waals surface area contributed by atoms with Gasteiger partial charge in [0, 0.05) is 24.5 Å². The SMILES string of the molecule is CCN(CC)c1nc(C)c(CCN)c(C)n1. The molecule has 0 bridgehead atoms. The predicted octanol–water partition coefficient (Wildman–Crippen LogP) is 1.44. The van der Waals surface area contributed by atoms with Crippen LogP contribution in [0.1, 0.15) is 30.8 Å². The topological polar surface area (TPSA) is 55.0 Å². The lowest BCUT2D eigenvalue weighted by molar-refractivity contribution is 0.797. The van der Waals surface area contributed by atoms with Gasteiger partial charge in [-0.1, -0.05) is 0 Å². The van der Waals surface area contributed by atoms with Gasteiger partial charge in [0.15, 0.2) is 0 Å². The molecule has 0 saturated heterocycles. The van der Waals surface area contributed by atoms with Gasteiger partial charge in [0.1, 0.15) is 0 Å². The van der Waals surface area contributed by atoms with Crippen LogP contribution in [0.2, 0.25) is 0 Å². The lowest BCUT2D eigenvalue weighted by Gasteiger charge is -2.20. The van der Waals surface area contributed by atoms with Crippen LogP contribution in [-0.2, 0) is 6.42 Å². The summed E-state index contributed by atoms with van der Waals surface area (Å²) < 4.78 is 0. The summed E-state index contributed by atoms with van der Waals surface area (Å²) in [5.41, 5.74) is 8.89. The summed E-state index contributed by atoms with van der Waals surface area (Å²) in [6.45, 7) is 10.8. The molecule has 90 valence electrons. The van der Waals surface area contributed by atoms with Gasteiger partial charge in [0.25, 0.3) is 0 Å². The third kappa shape index (κ3) is 2.70. The van der Waals surface area contributed by atoms with Gasteiger partial charge < -0.3 is 10.6 Å². The molecule has 1 rings (SSSR count). The Morgan fingerprint density at radius 2 is 1.56 bits per heavy atom. The Bertz CT molecular complexity index is 322. The Morgan fingerprint density at radius 1 is 1.06 bits per heavy atom. The molecule has 1 heterocycles. The maximum Gasteiger partial charge on any atom is 0.225 e. The number of aryl methyl sites for hydroxylation is 2. The Balaban J connectivity index is 3.08. The zero-order chi connectivity index (χ0) is 12.1. The molecule has 4 nitrogen and oxygen atoms in total. The van der Waals surface area contributed by atoms with Crippen LogP contribution >= 0.6 is 0 Å². The number of hydrogen-bond acceptors (Lipinski definition) is 4. The van der Waals surface area contributed by atoms with Gasteiger partial charge >= 0.3 is 0 Å². The van der Waals surface area contributed by atoms with Crippen molar-refractivity contribution >= 4 is 5.95 Å². The Hall–Kier alpha value is -1.16. The average molecular weight is 222 g/mol. The van der Waals surface area contributed by atoms with E-state index in [0.717, 1.165) is 36.8 Å². The van der Waals surface area contributed by atoms with Crippen LogP contribution in [0, 0.1) is 13.8 Å². The number of hydrogen-bond donors (Lipinski definition) is 1. The molecule has 4 heteroatoms. The molecule has 0 fully saturated rings. The molecule has 0 atom stereocenters. The van der Waals surface area contributed by atoms with Gasteiger partial charge in [-0.2, -0.15) is 0 Å². The first-order chi connectivity index (χ1) is 7.63. The monoisotopic (exact) mass is 222 g/mol. The molecule has 0 aromatic carbocycles. The fraction of sp³-hybridized carbons (Fsp3) is 0.667. The molecule has 1 aromatic heterocycles. The van der Waals surface area contributed by atoms with Crippen LogP contribution in [0.25, 0.3) is 0 Å². The Labute approximate surface area is 97.9 Å². The molecule has 0 aliphatic heterocycles. The third-order valence-corrected chi connectivity index (χ3v) is 2.85. The molecule has 0 radical (unpaired) electrons. The zero-order valence-corrected chi connectivity index (χ0v) is 10.7. The van der Waals surface area contributed by atoms with Crippen LogP contribution < -0.4 is 10.6 Å². The summed E-state index contributed by atoms with van der Waals surface area (Å²) in [6.07, 6.45) is 0.857. The van der Waals surface area contributed by atoms with Gasteiger partial charge in [-0.3, -0.25) is 0 Å². The standard InChI is InChI=1S/C12H22N4/c1-5-16(6-2)12-14-9(3)11(7-8-13)10(4)15-12/h5-8,13H2,1-4H3. The first-order valence-electron chi connectivity index (χ1n) is 5.93. The molecule has 1 aromatic rings. The predicted molar refractivity (Wildman–Crippen MR) is 67.8 cm³/mol. The van der Waals surface area contributed by atoms with Crippen molar-refractivity contribution in [2.24, 2.45) is 5.73 Å². The van der Waals surface area contributed by atoms with E-state index in [1.54, 1.807) is 0 Å². The maximum absolute atomic E-state index is 5.58. The van der Waals surface area contributed by atoms with E-state index in [9.17, 15) is 0 Å². The number of nitrogens with zero attached hydrogens (tertiary/aromatic N) is 3. The Morgan fingerprint density at radius 3 is 1.94 bits per heavy atom. The van der Waals surface area contributed by atoms with Gasteiger partial charge in [-0.15, -0.1) is 0 Å². The number of anilines is 1. The first-order valence-corrected chi connectivity index (χ1v) is 5.93. The molecule has 0 saturated carbocycles. The lowest BCUT2D eigenvalue weighted by Crippen LogP contribution is -2.25. The molecule has 16 heavy (non-hydrogen) atoms. The smallest absolute Gasteiger partial charge is 0.225 e. The second-order valence-corrected chi connectivity index (χ2v) is 3.88. The fourth-order valence-electron chi connectivity index (χ4n) is 1.88. The number of aromatic nitrogens is 2. The molecule has 0 spiro atoms. The molecule has 0 aliphatic rings. The van der Waals surface area contributed by atoms with E-state index < -0.39 is 0 Å². The van der Waals surface area contributed by atoms with E-state index in [1.807, 2.05) is 13.8 Å². The molecule has 2 N–H and O–H groups in total. The second-order valence-electron chi connectivity index (χ2n) is 3.88. The summed E-state index contributed by atoms with van der Waals surface area (Å²) >= 11 is 0. The van der Waals surface area contributed by atoms with Crippen molar-refractivity contribution in [2.75, 3.05) is 24.5 Å². The van der Waals surface area contributed by atoms with Gasteiger partial charge in [-0.25, -0.2) is 9.97 Å². The minimum Gasteiger partial charge on any atom is -0.341 e. The molecular formula is C12H22N4. The highest BCUT2D eigenvalue weighted by atomic mass is 15.2. The largest absolute Gasteiger partial charge is 0.341 e. The van der Waals surface area contributed by atoms with E-state index >= 15 is 0 Å². The third-order valence-electron chi connectivity index (χ3n) is 2.85. The minimum atomic E-state index is 0.648. The van der Waals surface area contributed by atoms with Crippen LogP contribution in [0.4, 0.5) is 5.95 Å². The van der Waals surface area contributed by atoms with E-state index in [0.29, 0.717) is 6.54 Å². The van der Waals surface area contributed by atoms with Crippen LogP contribution in [-0.4, -0.2) is 29.6 Å². The highest BCUT2D eigenvalue weighted by molar-refractivity contribution is 5.36. The highest BCUT2D eigenvalue weighted by Gasteiger charge is 2.11. The lowest BCUT2D eigenvalue weighted by atomic mass is 10.1. The zero-order valence-electron chi connectivity index (χ0n) is 10.7. The normalized spacial score (nSPS) is 10.6. The van der Waals surface area contributed by atoms with Gasteiger partial charge in [0.2, 0.25) is 5.95 Å². The quantitative estimate of drug-likeness (QED) is 0.819. The van der Waals surface area contributed by atoms with E-state index in [-0.39, 0.29) is 0 Å². The van der Waals surface area contributed by atoms with E-state index in [1.165, 1.54) is 5.56 Å².